The van der Waals surface area contributed by atoms with Gasteiger partial charge in [-0.05, 0) is 17.5 Å². The second kappa shape index (κ2) is 4.74. The molecule has 5 heteroatoms. The van der Waals surface area contributed by atoms with Gasteiger partial charge in [-0.15, -0.1) is 0 Å². The van der Waals surface area contributed by atoms with Gasteiger partial charge < -0.3 is 4.74 Å². The largest absolute Gasteiger partial charge is 0.496 e. The molecule has 0 aliphatic rings. The molecule has 0 amide bonds. The van der Waals surface area contributed by atoms with Gasteiger partial charge in [-0.3, -0.25) is 4.72 Å². The Morgan fingerprint density at radius 1 is 1.31 bits per heavy atom. The molecule has 0 saturated heterocycles. The maximum Gasteiger partial charge on any atom is 0.229 e. The zero-order valence-corrected chi connectivity index (χ0v) is 10.8. The third-order valence-corrected chi connectivity index (χ3v) is 2.77. The molecular formula is C11H17NO3S. The molecule has 0 aliphatic heterocycles. The molecule has 90 valence electrons. The average Bonchev–Trinajstić information content (AvgIpc) is 2.14. The highest BCUT2D eigenvalue weighted by Gasteiger charge is 2.09. The van der Waals surface area contributed by atoms with Gasteiger partial charge in [0.2, 0.25) is 10.0 Å². The van der Waals surface area contributed by atoms with E-state index in [4.69, 9.17) is 4.74 Å². The van der Waals surface area contributed by atoms with Gasteiger partial charge in [0.25, 0.3) is 0 Å². The normalized spacial score (nSPS) is 11.6. The van der Waals surface area contributed by atoms with Crippen LogP contribution >= 0.6 is 0 Å². The predicted molar refractivity (Wildman–Crippen MR) is 65.5 cm³/mol. The third kappa shape index (κ3) is 3.41. The molecule has 0 radical (unpaired) electrons. The van der Waals surface area contributed by atoms with E-state index in [0.29, 0.717) is 17.4 Å². The van der Waals surface area contributed by atoms with Gasteiger partial charge in [-0.2, -0.15) is 0 Å². The van der Waals surface area contributed by atoms with Crippen LogP contribution in [0.3, 0.4) is 0 Å². The second-order valence-corrected chi connectivity index (χ2v) is 5.73. The Bertz CT molecular complexity index is 466. The lowest BCUT2D eigenvalue weighted by Gasteiger charge is -2.13. The van der Waals surface area contributed by atoms with Gasteiger partial charge in [0.05, 0.1) is 19.1 Å². The lowest BCUT2D eigenvalue weighted by molar-refractivity contribution is 0.408. The van der Waals surface area contributed by atoms with Crippen LogP contribution in [0, 0.1) is 0 Å². The summed E-state index contributed by atoms with van der Waals surface area (Å²) < 4.78 is 29.8. The molecule has 0 heterocycles. The Balaban J connectivity index is 3.09. The van der Waals surface area contributed by atoms with Gasteiger partial charge in [0.15, 0.2) is 0 Å². The number of hydrogen-bond acceptors (Lipinski definition) is 3. The Hall–Kier alpha value is -1.23. The summed E-state index contributed by atoms with van der Waals surface area (Å²) in [6.45, 7) is 4.11. The first kappa shape index (κ1) is 12.8. The van der Waals surface area contributed by atoms with E-state index < -0.39 is 10.0 Å². The minimum Gasteiger partial charge on any atom is -0.496 e. The SMILES string of the molecule is COc1cc(NS(C)(=O)=O)ccc1C(C)C. The molecular weight excluding hydrogens is 226 g/mol. The highest BCUT2D eigenvalue weighted by atomic mass is 32.2. The number of benzene rings is 1. The first-order valence-electron chi connectivity index (χ1n) is 4.99. The molecule has 0 spiro atoms. The third-order valence-electron chi connectivity index (χ3n) is 2.16. The Labute approximate surface area is 96.7 Å². The van der Waals surface area contributed by atoms with Crippen molar-refractivity contribution in [3.8, 4) is 5.75 Å². The quantitative estimate of drug-likeness (QED) is 0.882. The van der Waals surface area contributed by atoms with E-state index in [1.807, 2.05) is 6.07 Å². The van der Waals surface area contributed by atoms with Crippen LogP contribution in [0.1, 0.15) is 25.3 Å². The Kier molecular flexibility index (Phi) is 3.80. The van der Waals surface area contributed by atoms with Crippen LogP contribution in [-0.2, 0) is 10.0 Å². The molecule has 1 aromatic rings. The molecule has 0 saturated carbocycles. The first-order chi connectivity index (χ1) is 7.33. The molecule has 16 heavy (non-hydrogen) atoms. The minimum absolute atomic E-state index is 0.335. The molecule has 0 unspecified atom stereocenters. The van der Waals surface area contributed by atoms with Crippen molar-refractivity contribution in [1.29, 1.82) is 0 Å². The standard InChI is InChI=1S/C11H17NO3S/c1-8(2)10-6-5-9(7-11(10)15-3)12-16(4,13)14/h5-8,12H,1-4H3. The van der Waals surface area contributed by atoms with Gasteiger partial charge >= 0.3 is 0 Å². The smallest absolute Gasteiger partial charge is 0.229 e. The molecule has 1 aromatic carbocycles. The second-order valence-electron chi connectivity index (χ2n) is 3.99. The molecule has 4 nitrogen and oxygen atoms in total. The number of ether oxygens (including phenoxy) is 1. The fourth-order valence-corrected chi connectivity index (χ4v) is 2.02. The van der Waals surface area contributed by atoms with Gasteiger partial charge in [-0.25, -0.2) is 8.42 Å². The fourth-order valence-electron chi connectivity index (χ4n) is 1.47. The van der Waals surface area contributed by atoms with E-state index >= 15 is 0 Å². The van der Waals surface area contributed by atoms with Crippen molar-refractivity contribution in [2.75, 3.05) is 18.1 Å². The van der Waals surface area contributed by atoms with Crippen molar-refractivity contribution in [3.63, 3.8) is 0 Å². The predicted octanol–water partition coefficient (Wildman–Crippen LogP) is 2.19. The van der Waals surface area contributed by atoms with Crippen molar-refractivity contribution < 1.29 is 13.2 Å². The Morgan fingerprint density at radius 3 is 2.38 bits per heavy atom. The highest BCUT2D eigenvalue weighted by molar-refractivity contribution is 7.92. The van der Waals surface area contributed by atoms with Crippen molar-refractivity contribution in [2.45, 2.75) is 19.8 Å². The van der Waals surface area contributed by atoms with Crippen molar-refractivity contribution in [2.24, 2.45) is 0 Å². The maximum absolute atomic E-state index is 11.1. The van der Waals surface area contributed by atoms with Crippen molar-refractivity contribution in [1.82, 2.24) is 0 Å². The molecule has 0 fully saturated rings. The summed E-state index contributed by atoms with van der Waals surface area (Å²) in [5, 5.41) is 0. The molecule has 0 bridgehead atoms. The van der Waals surface area contributed by atoms with Crippen molar-refractivity contribution >= 4 is 15.7 Å². The average molecular weight is 243 g/mol. The zero-order valence-electron chi connectivity index (χ0n) is 9.94. The van der Waals surface area contributed by atoms with Gasteiger partial charge in [0.1, 0.15) is 5.75 Å². The van der Waals surface area contributed by atoms with E-state index in [0.717, 1.165) is 11.8 Å². The summed E-state index contributed by atoms with van der Waals surface area (Å²) in [6, 6.07) is 5.30. The van der Waals surface area contributed by atoms with Gasteiger partial charge in [-0.1, -0.05) is 19.9 Å². The van der Waals surface area contributed by atoms with E-state index in [2.05, 4.69) is 18.6 Å². The van der Waals surface area contributed by atoms with E-state index in [1.165, 1.54) is 0 Å². The van der Waals surface area contributed by atoms with E-state index in [9.17, 15) is 8.42 Å². The van der Waals surface area contributed by atoms with Crippen molar-refractivity contribution in [3.05, 3.63) is 23.8 Å². The monoisotopic (exact) mass is 243 g/mol. The lowest BCUT2D eigenvalue weighted by Crippen LogP contribution is -2.09. The van der Waals surface area contributed by atoms with Gasteiger partial charge in [0, 0.05) is 6.07 Å². The minimum atomic E-state index is -3.24. The summed E-state index contributed by atoms with van der Waals surface area (Å²) >= 11 is 0. The molecule has 0 atom stereocenters. The van der Waals surface area contributed by atoms with Crippen LogP contribution in [0.25, 0.3) is 0 Å². The Morgan fingerprint density at radius 2 is 1.94 bits per heavy atom. The summed E-state index contributed by atoms with van der Waals surface area (Å²) in [5.74, 6) is 1.03. The summed E-state index contributed by atoms with van der Waals surface area (Å²) in [6.07, 6.45) is 1.12. The van der Waals surface area contributed by atoms with E-state index in [1.54, 1.807) is 19.2 Å². The lowest BCUT2D eigenvalue weighted by atomic mass is 10.0. The number of anilines is 1. The maximum atomic E-state index is 11.1. The van der Waals surface area contributed by atoms with Crippen LogP contribution in [0.4, 0.5) is 5.69 Å². The fraction of sp³-hybridized carbons (Fsp3) is 0.455. The van der Waals surface area contributed by atoms with E-state index in [-0.39, 0.29) is 0 Å². The summed E-state index contributed by atoms with van der Waals surface area (Å²) in [7, 11) is -1.67. The van der Waals surface area contributed by atoms with Crippen LogP contribution in [0.2, 0.25) is 0 Å². The van der Waals surface area contributed by atoms with Crippen LogP contribution in [0.15, 0.2) is 18.2 Å². The number of nitrogens with one attached hydrogen (secondary N) is 1. The molecule has 1 rings (SSSR count). The number of hydrogen-bond donors (Lipinski definition) is 1. The zero-order chi connectivity index (χ0) is 12.3. The molecule has 0 aromatic heterocycles. The number of rotatable bonds is 4. The number of sulfonamides is 1. The molecule has 0 aliphatic carbocycles. The summed E-state index contributed by atoms with van der Waals surface area (Å²) in [4.78, 5) is 0. The summed E-state index contributed by atoms with van der Waals surface area (Å²) in [5.41, 5.74) is 1.57. The topological polar surface area (TPSA) is 55.4 Å². The van der Waals surface area contributed by atoms with Crippen LogP contribution in [0.5, 0.6) is 5.75 Å². The van der Waals surface area contributed by atoms with Crippen LogP contribution in [-0.4, -0.2) is 21.8 Å². The van der Waals surface area contributed by atoms with Crippen LogP contribution < -0.4 is 9.46 Å². The first-order valence-corrected chi connectivity index (χ1v) is 6.88. The molecule has 1 N–H and O–H groups in total. The number of methoxy groups -OCH3 is 1. The highest BCUT2D eigenvalue weighted by Crippen LogP contribution is 2.29.